The Bertz CT molecular complexity index is 226. The molecule has 1 amide bonds. The minimum atomic E-state index is -4.15. The third-order valence-corrected chi connectivity index (χ3v) is 2.72. The fraction of sp³-hybridized carbons (Fsp3) is 0.875. The third kappa shape index (κ3) is 4.38. The van der Waals surface area contributed by atoms with Gasteiger partial charge in [-0.3, -0.25) is 9.69 Å². The van der Waals surface area contributed by atoms with Gasteiger partial charge >= 0.3 is 6.18 Å². The van der Waals surface area contributed by atoms with Crippen LogP contribution in [0.4, 0.5) is 13.2 Å². The predicted molar refractivity (Wildman–Crippen MR) is 52.9 cm³/mol. The molecule has 0 spiro atoms. The standard InChI is InChI=1S/C8H12BrF3N2O/c9-5-7(15)14-3-1-13(2-4-14)6-8(10,11)12/h1-6H2. The van der Waals surface area contributed by atoms with E-state index in [1.165, 1.54) is 4.90 Å². The Morgan fingerprint density at radius 2 is 1.73 bits per heavy atom. The number of amides is 1. The van der Waals surface area contributed by atoms with E-state index in [1.54, 1.807) is 4.90 Å². The van der Waals surface area contributed by atoms with Crippen LogP contribution in [0.25, 0.3) is 0 Å². The molecule has 0 aromatic heterocycles. The first kappa shape index (κ1) is 12.8. The van der Waals surface area contributed by atoms with E-state index in [9.17, 15) is 18.0 Å². The molecule has 0 unspecified atom stereocenters. The van der Waals surface area contributed by atoms with E-state index in [2.05, 4.69) is 15.9 Å². The van der Waals surface area contributed by atoms with Crippen molar-refractivity contribution in [3.05, 3.63) is 0 Å². The Morgan fingerprint density at radius 1 is 1.20 bits per heavy atom. The maximum Gasteiger partial charge on any atom is 0.401 e. The highest BCUT2D eigenvalue weighted by Gasteiger charge is 2.32. The molecule has 0 N–H and O–H groups in total. The van der Waals surface area contributed by atoms with Crippen molar-refractivity contribution >= 4 is 21.8 Å². The summed E-state index contributed by atoms with van der Waals surface area (Å²) in [7, 11) is 0. The lowest BCUT2D eigenvalue weighted by Gasteiger charge is -2.34. The fourth-order valence-electron chi connectivity index (χ4n) is 1.49. The van der Waals surface area contributed by atoms with Gasteiger partial charge in [0.2, 0.25) is 5.91 Å². The average molecular weight is 289 g/mol. The number of halogens is 4. The molecule has 1 aliphatic rings. The van der Waals surface area contributed by atoms with Gasteiger partial charge in [0.1, 0.15) is 0 Å². The van der Waals surface area contributed by atoms with Crippen LogP contribution in [0.1, 0.15) is 0 Å². The molecule has 1 aliphatic heterocycles. The summed E-state index contributed by atoms with van der Waals surface area (Å²) in [5.74, 6) is -0.0679. The van der Waals surface area contributed by atoms with Gasteiger partial charge in [-0.05, 0) is 0 Å². The molecule has 15 heavy (non-hydrogen) atoms. The predicted octanol–water partition coefficient (Wildman–Crippen LogP) is 1.09. The summed E-state index contributed by atoms with van der Waals surface area (Å²) < 4.78 is 36.1. The van der Waals surface area contributed by atoms with Gasteiger partial charge in [-0.15, -0.1) is 0 Å². The summed E-state index contributed by atoms with van der Waals surface area (Å²) in [5, 5.41) is 0.228. The SMILES string of the molecule is O=C(CBr)N1CCN(CC(F)(F)F)CC1. The van der Waals surface area contributed by atoms with Crippen LogP contribution in [0.15, 0.2) is 0 Å². The Labute approximate surface area is 94.3 Å². The van der Waals surface area contributed by atoms with Gasteiger partial charge < -0.3 is 4.90 Å². The second kappa shape index (κ2) is 5.16. The Morgan fingerprint density at radius 3 is 2.13 bits per heavy atom. The molecule has 88 valence electrons. The molecule has 0 bridgehead atoms. The van der Waals surface area contributed by atoms with Gasteiger partial charge in [0.05, 0.1) is 11.9 Å². The molecular weight excluding hydrogens is 277 g/mol. The summed E-state index contributed by atoms with van der Waals surface area (Å²) in [5.41, 5.74) is 0. The maximum absolute atomic E-state index is 12.0. The quantitative estimate of drug-likeness (QED) is 0.710. The average Bonchev–Trinajstić information content (AvgIpc) is 2.15. The molecule has 0 saturated carbocycles. The molecular formula is C8H12BrF3N2O. The topological polar surface area (TPSA) is 23.6 Å². The van der Waals surface area contributed by atoms with Crippen LogP contribution in [0.2, 0.25) is 0 Å². The smallest absolute Gasteiger partial charge is 0.339 e. The number of hydrogen-bond acceptors (Lipinski definition) is 2. The van der Waals surface area contributed by atoms with Crippen LogP contribution in [-0.4, -0.2) is 59.9 Å². The lowest BCUT2D eigenvalue weighted by molar-refractivity contribution is -0.151. The molecule has 3 nitrogen and oxygen atoms in total. The molecule has 0 aromatic carbocycles. The van der Waals surface area contributed by atoms with E-state index in [-0.39, 0.29) is 24.3 Å². The number of hydrogen-bond donors (Lipinski definition) is 0. The lowest BCUT2D eigenvalue weighted by atomic mass is 10.3. The summed E-state index contributed by atoms with van der Waals surface area (Å²) in [4.78, 5) is 14.1. The normalized spacial score (nSPS) is 19.3. The van der Waals surface area contributed by atoms with Crippen molar-refractivity contribution in [2.45, 2.75) is 6.18 Å². The molecule has 1 fully saturated rings. The van der Waals surface area contributed by atoms with Gasteiger partial charge in [0.15, 0.2) is 0 Å². The molecule has 0 aliphatic carbocycles. The number of rotatable bonds is 2. The first-order chi connectivity index (χ1) is 6.92. The van der Waals surface area contributed by atoms with Crippen molar-refractivity contribution in [3.63, 3.8) is 0 Å². The van der Waals surface area contributed by atoms with Crippen LogP contribution in [0.5, 0.6) is 0 Å². The van der Waals surface area contributed by atoms with E-state index in [1.807, 2.05) is 0 Å². The molecule has 0 atom stereocenters. The van der Waals surface area contributed by atoms with E-state index in [4.69, 9.17) is 0 Å². The van der Waals surface area contributed by atoms with Crippen LogP contribution in [0.3, 0.4) is 0 Å². The minimum Gasteiger partial charge on any atom is -0.339 e. The van der Waals surface area contributed by atoms with Crippen molar-refractivity contribution in [2.24, 2.45) is 0 Å². The molecule has 0 radical (unpaired) electrons. The Balaban J connectivity index is 2.33. The number of piperazine rings is 1. The number of carbonyl (C=O) groups excluding carboxylic acids is 1. The van der Waals surface area contributed by atoms with E-state index in [0.717, 1.165) is 0 Å². The molecule has 1 heterocycles. The van der Waals surface area contributed by atoms with Gasteiger partial charge in [-0.25, -0.2) is 0 Å². The highest BCUT2D eigenvalue weighted by atomic mass is 79.9. The second-order valence-corrected chi connectivity index (χ2v) is 3.97. The van der Waals surface area contributed by atoms with Gasteiger partial charge in [0, 0.05) is 26.2 Å². The minimum absolute atomic E-state index is 0.0679. The molecule has 0 aromatic rings. The van der Waals surface area contributed by atoms with E-state index >= 15 is 0 Å². The monoisotopic (exact) mass is 288 g/mol. The molecule has 1 rings (SSSR count). The zero-order chi connectivity index (χ0) is 11.5. The second-order valence-electron chi connectivity index (χ2n) is 3.41. The van der Waals surface area contributed by atoms with Crippen LogP contribution in [-0.2, 0) is 4.79 Å². The van der Waals surface area contributed by atoms with Crippen LogP contribution >= 0.6 is 15.9 Å². The Hall–Kier alpha value is -0.300. The first-order valence-electron chi connectivity index (χ1n) is 4.55. The molecule has 1 saturated heterocycles. The van der Waals surface area contributed by atoms with Crippen molar-refractivity contribution in [1.29, 1.82) is 0 Å². The van der Waals surface area contributed by atoms with Crippen LogP contribution < -0.4 is 0 Å². The first-order valence-corrected chi connectivity index (χ1v) is 5.67. The zero-order valence-corrected chi connectivity index (χ0v) is 9.64. The summed E-state index contributed by atoms with van der Waals surface area (Å²) in [6, 6.07) is 0. The van der Waals surface area contributed by atoms with Crippen molar-refractivity contribution in [3.8, 4) is 0 Å². The van der Waals surface area contributed by atoms with E-state index < -0.39 is 12.7 Å². The number of nitrogens with zero attached hydrogens (tertiary/aromatic N) is 2. The zero-order valence-electron chi connectivity index (χ0n) is 8.06. The fourth-order valence-corrected chi connectivity index (χ4v) is 1.85. The summed E-state index contributed by atoms with van der Waals surface area (Å²) >= 11 is 3.03. The largest absolute Gasteiger partial charge is 0.401 e. The van der Waals surface area contributed by atoms with Crippen molar-refractivity contribution in [1.82, 2.24) is 9.80 Å². The van der Waals surface area contributed by atoms with Gasteiger partial charge in [-0.1, -0.05) is 15.9 Å². The van der Waals surface area contributed by atoms with Crippen molar-refractivity contribution < 1.29 is 18.0 Å². The lowest BCUT2D eigenvalue weighted by Crippen LogP contribution is -2.51. The number of carbonyl (C=O) groups is 1. The maximum atomic E-state index is 12.0. The van der Waals surface area contributed by atoms with Crippen molar-refractivity contribution in [2.75, 3.05) is 38.1 Å². The Kier molecular flexibility index (Phi) is 4.39. The van der Waals surface area contributed by atoms with Gasteiger partial charge in [0.25, 0.3) is 0 Å². The van der Waals surface area contributed by atoms with Gasteiger partial charge in [-0.2, -0.15) is 13.2 Å². The number of alkyl halides is 4. The highest BCUT2D eigenvalue weighted by Crippen LogP contribution is 2.17. The van der Waals surface area contributed by atoms with E-state index in [0.29, 0.717) is 13.1 Å². The highest BCUT2D eigenvalue weighted by molar-refractivity contribution is 9.09. The molecule has 7 heteroatoms. The summed E-state index contributed by atoms with van der Waals surface area (Å²) in [6.07, 6.45) is -4.15. The summed E-state index contributed by atoms with van der Waals surface area (Å²) in [6.45, 7) is 0.445. The van der Waals surface area contributed by atoms with Crippen LogP contribution in [0, 0.1) is 0 Å². The third-order valence-electron chi connectivity index (χ3n) is 2.24.